The van der Waals surface area contributed by atoms with Crippen LogP contribution in [0, 0.1) is 13.8 Å². The zero-order valence-electron chi connectivity index (χ0n) is 12.5. The maximum Gasteiger partial charge on any atom is 0.326 e. The third kappa shape index (κ3) is 6.57. The molecule has 0 aromatic carbocycles. The topological polar surface area (TPSA) is 92.2 Å². The van der Waals surface area contributed by atoms with Gasteiger partial charge < -0.3 is 10.4 Å². The number of thioether (sulfide) groups is 1. The summed E-state index contributed by atoms with van der Waals surface area (Å²) in [6.45, 7) is 5.71. The smallest absolute Gasteiger partial charge is 0.326 e. The van der Waals surface area contributed by atoms with Gasteiger partial charge in [-0.1, -0.05) is 31.5 Å². The summed E-state index contributed by atoms with van der Waals surface area (Å²) < 4.78 is 0. The molecule has 0 saturated heterocycles. The van der Waals surface area contributed by atoms with Gasteiger partial charge in [0.05, 0.1) is 5.75 Å². The van der Waals surface area contributed by atoms with E-state index in [9.17, 15) is 9.59 Å². The van der Waals surface area contributed by atoms with Crippen LogP contribution in [0.5, 0.6) is 0 Å². The number of carboxylic acids is 1. The van der Waals surface area contributed by atoms with Crippen LogP contribution in [-0.4, -0.2) is 38.7 Å². The quantitative estimate of drug-likeness (QED) is 0.563. The first-order chi connectivity index (χ1) is 9.92. The van der Waals surface area contributed by atoms with Crippen LogP contribution in [0.15, 0.2) is 11.2 Å². The van der Waals surface area contributed by atoms with Crippen LogP contribution in [-0.2, 0) is 9.59 Å². The number of hydrogen-bond acceptors (Lipinski definition) is 5. The SMILES string of the molecule is CCCCC(NC(=O)CSc1nc(C)cc(C)n1)C(=O)O. The highest BCUT2D eigenvalue weighted by atomic mass is 32.2. The molecule has 0 fully saturated rings. The fourth-order valence-electron chi connectivity index (χ4n) is 1.79. The van der Waals surface area contributed by atoms with Gasteiger partial charge in [-0.2, -0.15) is 0 Å². The molecule has 0 aliphatic rings. The van der Waals surface area contributed by atoms with Crippen molar-refractivity contribution < 1.29 is 14.7 Å². The van der Waals surface area contributed by atoms with Gasteiger partial charge in [0.25, 0.3) is 0 Å². The van der Waals surface area contributed by atoms with E-state index < -0.39 is 12.0 Å². The third-order valence-corrected chi connectivity index (χ3v) is 3.62. The number of unbranched alkanes of at least 4 members (excludes halogenated alkanes) is 1. The van der Waals surface area contributed by atoms with E-state index in [0.717, 1.165) is 24.2 Å². The first-order valence-electron chi connectivity index (χ1n) is 6.89. The molecular formula is C14H21N3O3S. The van der Waals surface area contributed by atoms with Gasteiger partial charge >= 0.3 is 5.97 Å². The second-order valence-electron chi connectivity index (χ2n) is 4.82. The lowest BCUT2D eigenvalue weighted by Crippen LogP contribution is -2.41. The Kier molecular flexibility index (Phi) is 7.14. The Bertz CT molecular complexity index is 488. The third-order valence-electron chi connectivity index (χ3n) is 2.77. The van der Waals surface area contributed by atoms with Crippen molar-refractivity contribution >= 4 is 23.6 Å². The van der Waals surface area contributed by atoms with Crippen LogP contribution in [0.2, 0.25) is 0 Å². The van der Waals surface area contributed by atoms with Gasteiger partial charge in [0.2, 0.25) is 5.91 Å². The second kappa shape index (κ2) is 8.61. The first-order valence-corrected chi connectivity index (χ1v) is 7.88. The maximum absolute atomic E-state index is 11.8. The lowest BCUT2D eigenvalue weighted by molar-refractivity contribution is -0.141. The number of nitrogens with zero attached hydrogens (tertiary/aromatic N) is 2. The van der Waals surface area contributed by atoms with Crippen LogP contribution in [0.1, 0.15) is 37.6 Å². The number of nitrogens with one attached hydrogen (secondary N) is 1. The van der Waals surface area contributed by atoms with Crippen LogP contribution in [0.4, 0.5) is 0 Å². The number of rotatable bonds is 8. The van der Waals surface area contributed by atoms with Crippen LogP contribution in [0.25, 0.3) is 0 Å². The summed E-state index contributed by atoms with van der Waals surface area (Å²) in [6.07, 6.45) is 2.11. The normalized spacial score (nSPS) is 12.0. The summed E-state index contributed by atoms with van der Waals surface area (Å²) in [7, 11) is 0. The summed E-state index contributed by atoms with van der Waals surface area (Å²) in [4.78, 5) is 31.3. The Morgan fingerprint density at radius 3 is 2.48 bits per heavy atom. The lowest BCUT2D eigenvalue weighted by atomic mass is 10.1. The minimum absolute atomic E-state index is 0.110. The van der Waals surface area contributed by atoms with Crippen LogP contribution in [0.3, 0.4) is 0 Å². The number of aryl methyl sites for hydroxylation is 2. The Labute approximate surface area is 128 Å². The predicted molar refractivity (Wildman–Crippen MR) is 81.3 cm³/mol. The average Bonchev–Trinajstić information content (AvgIpc) is 2.39. The molecule has 1 atom stereocenters. The minimum atomic E-state index is -0.996. The van der Waals surface area contributed by atoms with Crippen molar-refractivity contribution in [3.8, 4) is 0 Å². The molecule has 1 rings (SSSR count). The molecule has 0 saturated carbocycles. The largest absolute Gasteiger partial charge is 0.480 e. The standard InChI is InChI=1S/C14H21N3O3S/c1-4-5-6-11(13(19)20)17-12(18)8-21-14-15-9(2)7-10(3)16-14/h7,11H,4-6,8H2,1-3H3,(H,17,18)(H,19,20). The molecule has 1 aromatic rings. The molecule has 0 aliphatic heterocycles. The number of amides is 1. The monoisotopic (exact) mass is 311 g/mol. The molecule has 0 radical (unpaired) electrons. The minimum Gasteiger partial charge on any atom is -0.480 e. The number of carbonyl (C=O) groups is 2. The molecule has 1 heterocycles. The first kappa shape index (κ1) is 17.4. The Morgan fingerprint density at radius 2 is 1.95 bits per heavy atom. The zero-order chi connectivity index (χ0) is 15.8. The van der Waals surface area contributed by atoms with Crippen molar-refractivity contribution in [2.24, 2.45) is 0 Å². The summed E-state index contributed by atoms with van der Waals surface area (Å²) >= 11 is 1.21. The van der Waals surface area contributed by atoms with Crippen molar-refractivity contribution in [1.29, 1.82) is 0 Å². The average molecular weight is 311 g/mol. The predicted octanol–water partition coefficient (Wildman–Crippen LogP) is 1.95. The van der Waals surface area contributed by atoms with Crippen molar-refractivity contribution in [2.45, 2.75) is 51.2 Å². The highest BCUT2D eigenvalue weighted by Crippen LogP contribution is 2.13. The number of carbonyl (C=O) groups excluding carboxylic acids is 1. The molecule has 1 aromatic heterocycles. The van der Waals surface area contributed by atoms with E-state index in [1.807, 2.05) is 26.8 Å². The fraction of sp³-hybridized carbons (Fsp3) is 0.571. The molecular weight excluding hydrogens is 290 g/mol. The van der Waals surface area contributed by atoms with Crippen molar-refractivity contribution in [3.63, 3.8) is 0 Å². The van der Waals surface area contributed by atoms with Gasteiger partial charge in [-0.05, 0) is 26.3 Å². The van der Waals surface area contributed by atoms with E-state index in [1.54, 1.807) is 0 Å². The van der Waals surface area contributed by atoms with E-state index in [2.05, 4.69) is 15.3 Å². The van der Waals surface area contributed by atoms with Crippen LogP contribution < -0.4 is 5.32 Å². The van der Waals surface area contributed by atoms with E-state index in [-0.39, 0.29) is 11.7 Å². The lowest BCUT2D eigenvalue weighted by Gasteiger charge is -2.13. The molecule has 0 bridgehead atoms. The van der Waals surface area contributed by atoms with Gasteiger partial charge in [-0.25, -0.2) is 14.8 Å². The van der Waals surface area contributed by atoms with E-state index in [0.29, 0.717) is 11.6 Å². The van der Waals surface area contributed by atoms with Gasteiger partial charge in [0.15, 0.2) is 5.16 Å². The van der Waals surface area contributed by atoms with E-state index in [4.69, 9.17) is 5.11 Å². The van der Waals surface area contributed by atoms with Gasteiger partial charge in [0.1, 0.15) is 6.04 Å². The Balaban J connectivity index is 2.50. The number of carboxylic acid groups (broad SMARTS) is 1. The highest BCUT2D eigenvalue weighted by molar-refractivity contribution is 7.99. The van der Waals surface area contributed by atoms with Crippen LogP contribution >= 0.6 is 11.8 Å². The molecule has 1 unspecified atom stereocenters. The summed E-state index contributed by atoms with van der Waals surface area (Å²) in [5.41, 5.74) is 1.69. The zero-order valence-corrected chi connectivity index (χ0v) is 13.4. The van der Waals surface area contributed by atoms with Crippen molar-refractivity contribution in [2.75, 3.05) is 5.75 Å². The number of aliphatic carboxylic acids is 1. The molecule has 1 amide bonds. The number of hydrogen-bond donors (Lipinski definition) is 2. The van der Waals surface area contributed by atoms with Gasteiger partial charge in [0, 0.05) is 11.4 Å². The Morgan fingerprint density at radius 1 is 1.33 bits per heavy atom. The van der Waals surface area contributed by atoms with Crippen molar-refractivity contribution in [1.82, 2.24) is 15.3 Å². The number of aromatic nitrogens is 2. The Hall–Kier alpha value is -1.63. The fourth-order valence-corrected chi connectivity index (χ4v) is 2.55. The molecule has 0 aliphatic carbocycles. The molecule has 2 N–H and O–H groups in total. The van der Waals surface area contributed by atoms with Crippen molar-refractivity contribution in [3.05, 3.63) is 17.5 Å². The molecule has 0 spiro atoms. The molecule has 7 heteroatoms. The summed E-state index contributed by atoms with van der Waals surface area (Å²) in [5, 5.41) is 12.1. The van der Waals surface area contributed by atoms with Gasteiger partial charge in [-0.15, -0.1) is 0 Å². The van der Waals surface area contributed by atoms with Gasteiger partial charge in [-0.3, -0.25) is 4.79 Å². The maximum atomic E-state index is 11.8. The van der Waals surface area contributed by atoms with E-state index >= 15 is 0 Å². The summed E-state index contributed by atoms with van der Waals surface area (Å²) in [6, 6.07) is 1.04. The second-order valence-corrected chi connectivity index (χ2v) is 5.77. The molecule has 21 heavy (non-hydrogen) atoms. The highest BCUT2D eigenvalue weighted by Gasteiger charge is 2.19. The molecule has 116 valence electrons. The summed E-state index contributed by atoms with van der Waals surface area (Å²) in [5.74, 6) is -1.20. The van der Waals surface area contributed by atoms with E-state index in [1.165, 1.54) is 11.8 Å². The molecule has 6 nitrogen and oxygen atoms in total.